The van der Waals surface area contributed by atoms with Crippen LogP contribution in [0.2, 0.25) is 0 Å². The molecular formula is C7H14N2O2. The molecule has 0 saturated heterocycles. The van der Waals surface area contributed by atoms with Crippen molar-refractivity contribution in [2.24, 2.45) is 5.29 Å². The van der Waals surface area contributed by atoms with E-state index in [1.807, 2.05) is 13.8 Å². The van der Waals surface area contributed by atoms with Crippen molar-refractivity contribution in [2.45, 2.75) is 39.7 Å². The largest absolute Gasteiger partial charge is 0.273 e. The molecule has 0 N–H and O–H groups in total. The standard InChI is InChI=1S/C7H14N2O2/c1-4-7(5-2)9(8-11)6(3)10/h7H,4-5H2,1-3H3. The van der Waals surface area contributed by atoms with Gasteiger partial charge >= 0.3 is 0 Å². The molecule has 0 aliphatic rings. The lowest BCUT2D eigenvalue weighted by Crippen LogP contribution is -2.33. The summed E-state index contributed by atoms with van der Waals surface area (Å²) < 4.78 is 0. The smallest absolute Gasteiger partial charge is 0.242 e. The third-order valence-electron chi connectivity index (χ3n) is 1.70. The second kappa shape index (κ2) is 4.82. The lowest BCUT2D eigenvalue weighted by atomic mass is 10.1. The molecule has 0 bridgehead atoms. The molecule has 11 heavy (non-hydrogen) atoms. The highest BCUT2D eigenvalue weighted by molar-refractivity contribution is 5.73. The van der Waals surface area contributed by atoms with E-state index >= 15 is 0 Å². The van der Waals surface area contributed by atoms with Crippen molar-refractivity contribution in [3.05, 3.63) is 4.91 Å². The molecule has 4 nitrogen and oxygen atoms in total. The average molecular weight is 158 g/mol. The van der Waals surface area contributed by atoms with E-state index in [9.17, 15) is 9.70 Å². The fraction of sp³-hybridized carbons (Fsp3) is 0.857. The van der Waals surface area contributed by atoms with E-state index in [0.29, 0.717) is 0 Å². The Balaban J connectivity index is 4.20. The van der Waals surface area contributed by atoms with Crippen molar-refractivity contribution in [2.75, 3.05) is 0 Å². The second-order valence-corrected chi connectivity index (χ2v) is 2.42. The highest BCUT2D eigenvalue weighted by Crippen LogP contribution is 2.08. The van der Waals surface area contributed by atoms with E-state index in [2.05, 4.69) is 5.29 Å². The van der Waals surface area contributed by atoms with Gasteiger partial charge in [-0.15, -0.1) is 4.91 Å². The molecule has 4 heteroatoms. The molecule has 0 aliphatic carbocycles. The molecule has 0 unspecified atom stereocenters. The molecule has 0 aromatic rings. The van der Waals surface area contributed by atoms with Gasteiger partial charge < -0.3 is 0 Å². The van der Waals surface area contributed by atoms with E-state index in [1.165, 1.54) is 6.92 Å². The van der Waals surface area contributed by atoms with Crippen LogP contribution < -0.4 is 0 Å². The molecule has 0 rings (SSSR count). The number of amides is 1. The second-order valence-electron chi connectivity index (χ2n) is 2.42. The maximum atomic E-state index is 10.8. The van der Waals surface area contributed by atoms with Gasteiger partial charge in [0.15, 0.2) is 0 Å². The predicted molar refractivity (Wildman–Crippen MR) is 42.7 cm³/mol. The van der Waals surface area contributed by atoms with E-state index in [0.717, 1.165) is 17.9 Å². The van der Waals surface area contributed by atoms with Gasteiger partial charge in [-0.05, 0) is 12.8 Å². The Bertz CT molecular complexity index is 143. The molecule has 0 fully saturated rings. The highest BCUT2D eigenvalue weighted by atomic mass is 16.3. The van der Waals surface area contributed by atoms with Gasteiger partial charge in [0.2, 0.25) is 5.91 Å². The normalized spacial score (nSPS) is 9.82. The molecule has 0 aromatic carbocycles. The molecule has 0 aromatic heterocycles. The lowest BCUT2D eigenvalue weighted by Gasteiger charge is -2.20. The predicted octanol–water partition coefficient (Wildman–Crippen LogP) is 1.70. The first-order chi connectivity index (χ1) is 5.17. The van der Waals surface area contributed by atoms with Gasteiger partial charge in [-0.1, -0.05) is 13.8 Å². The lowest BCUT2D eigenvalue weighted by molar-refractivity contribution is -0.131. The van der Waals surface area contributed by atoms with Crippen LogP contribution in [0.5, 0.6) is 0 Å². The molecule has 0 heterocycles. The summed E-state index contributed by atoms with van der Waals surface area (Å²) in [5.74, 6) is -0.284. The summed E-state index contributed by atoms with van der Waals surface area (Å²) >= 11 is 0. The van der Waals surface area contributed by atoms with Crippen LogP contribution in [0.3, 0.4) is 0 Å². The summed E-state index contributed by atoms with van der Waals surface area (Å²) in [4.78, 5) is 20.9. The first-order valence-corrected chi connectivity index (χ1v) is 3.80. The Hall–Kier alpha value is -0.930. The minimum Gasteiger partial charge on any atom is -0.273 e. The number of hydrogen-bond donors (Lipinski definition) is 0. The zero-order valence-corrected chi connectivity index (χ0v) is 7.20. The Morgan fingerprint density at radius 2 is 1.91 bits per heavy atom. The Morgan fingerprint density at radius 1 is 1.45 bits per heavy atom. The SMILES string of the molecule is CCC(CC)N(N=O)C(C)=O. The van der Waals surface area contributed by atoms with Crippen LogP contribution in [0.15, 0.2) is 5.29 Å². The molecular weight excluding hydrogens is 144 g/mol. The van der Waals surface area contributed by atoms with E-state index < -0.39 is 0 Å². The molecule has 0 spiro atoms. The summed E-state index contributed by atoms with van der Waals surface area (Å²) in [5.41, 5.74) is 0. The monoisotopic (exact) mass is 158 g/mol. The van der Waals surface area contributed by atoms with Crippen molar-refractivity contribution < 1.29 is 4.79 Å². The van der Waals surface area contributed by atoms with Gasteiger partial charge in [0, 0.05) is 6.92 Å². The van der Waals surface area contributed by atoms with Crippen LogP contribution in [-0.2, 0) is 4.79 Å². The fourth-order valence-corrected chi connectivity index (χ4v) is 1.02. The van der Waals surface area contributed by atoms with Crippen LogP contribution in [0.1, 0.15) is 33.6 Å². The number of hydrogen-bond acceptors (Lipinski definition) is 3. The van der Waals surface area contributed by atoms with Crippen LogP contribution in [0, 0.1) is 4.91 Å². The van der Waals surface area contributed by atoms with Crippen molar-refractivity contribution >= 4 is 5.91 Å². The summed E-state index contributed by atoms with van der Waals surface area (Å²) in [6.07, 6.45) is 1.53. The van der Waals surface area contributed by atoms with Crippen LogP contribution in [0.25, 0.3) is 0 Å². The highest BCUT2D eigenvalue weighted by Gasteiger charge is 2.17. The summed E-state index contributed by atoms with van der Waals surface area (Å²) in [6, 6.07) is -0.0370. The first kappa shape index (κ1) is 10.1. The van der Waals surface area contributed by atoms with Gasteiger partial charge in [-0.2, -0.15) is 5.01 Å². The van der Waals surface area contributed by atoms with Crippen LogP contribution >= 0.6 is 0 Å². The van der Waals surface area contributed by atoms with Crippen molar-refractivity contribution in [3.8, 4) is 0 Å². The minimum absolute atomic E-state index is 0.0370. The number of nitrogens with zero attached hydrogens (tertiary/aromatic N) is 2. The first-order valence-electron chi connectivity index (χ1n) is 3.80. The van der Waals surface area contributed by atoms with Crippen molar-refractivity contribution in [3.63, 3.8) is 0 Å². The van der Waals surface area contributed by atoms with Crippen LogP contribution in [0.4, 0.5) is 0 Å². The van der Waals surface area contributed by atoms with E-state index in [-0.39, 0.29) is 11.9 Å². The maximum Gasteiger partial charge on any atom is 0.242 e. The molecule has 64 valence electrons. The van der Waals surface area contributed by atoms with E-state index in [4.69, 9.17) is 0 Å². The number of carbonyl (C=O) groups excluding carboxylic acids is 1. The summed E-state index contributed by atoms with van der Waals surface area (Å²) in [7, 11) is 0. The molecule has 0 saturated carbocycles. The number of carbonyl (C=O) groups is 1. The summed E-state index contributed by atoms with van der Waals surface area (Å²) in [6.45, 7) is 5.20. The van der Waals surface area contributed by atoms with Crippen molar-refractivity contribution in [1.82, 2.24) is 5.01 Å². The van der Waals surface area contributed by atoms with Gasteiger partial charge in [0.25, 0.3) is 0 Å². The zero-order chi connectivity index (χ0) is 8.85. The van der Waals surface area contributed by atoms with Crippen LogP contribution in [-0.4, -0.2) is 17.0 Å². The molecule has 0 aliphatic heterocycles. The summed E-state index contributed by atoms with van der Waals surface area (Å²) in [5, 5.41) is 3.66. The van der Waals surface area contributed by atoms with Gasteiger partial charge in [0.1, 0.15) is 0 Å². The molecule has 1 amide bonds. The third kappa shape index (κ3) is 2.65. The minimum atomic E-state index is -0.284. The van der Waals surface area contributed by atoms with Gasteiger partial charge in [-0.3, -0.25) is 4.79 Å². The Labute approximate surface area is 66.5 Å². The average Bonchev–Trinajstić information content (AvgIpc) is 1.99. The van der Waals surface area contributed by atoms with Crippen molar-refractivity contribution in [1.29, 1.82) is 0 Å². The van der Waals surface area contributed by atoms with Gasteiger partial charge in [-0.25, -0.2) is 0 Å². The topological polar surface area (TPSA) is 49.7 Å². The number of nitroso groups, excluding NO2 is 1. The maximum absolute atomic E-state index is 10.8. The fourth-order valence-electron chi connectivity index (χ4n) is 1.02. The third-order valence-corrected chi connectivity index (χ3v) is 1.70. The Kier molecular flexibility index (Phi) is 4.41. The quantitative estimate of drug-likeness (QED) is 0.462. The van der Waals surface area contributed by atoms with Gasteiger partial charge in [0.05, 0.1) is 11.3 Å². The molecule has 0 radical (unpaired) electrons. The Morgan fingerprint density at radius 3 is 2.00 bits per heavy atom. The molecule has 0 atom stereocenters. The zero-order valence-electron chi connectivity index (χ0n) is 7.20. The van der Waals surface area contributed by atoms with E-state index in [1.54, 1.807) is 0 Å². The number of rotatable bonds is 4.